The van der Waals surface area contributed by atoms with E-state index in [1.807, 2.05) is 0 Å². The van der Waals surface area contributed by atoms with Gasteiger partial charge < -0.3 is 0 Å². The standard InChI is InChI=1S/C29H34N2/c1-23(24-11-5-2-6-12-24)31-21-28(27-15-9-4-10-16-27)29(22-31)30-19-17-26(18-20-30)25-13-7-3-8-14-25/h2-16,23,26,28-29H,17-22H2,1H3/t23?,28-,29+/m0/s1. The second kappa shape index (κ2) is 9.38. The highest BCUT2D eigenvalue weighted by Gasteiger charge is 2.40. The van der Waals surface area contributed by atoms with Crippen LogP contribution in [0.15, 0.2) is 91.0 Å². The van der Waals surface area contributed by atoms with Gasteiger partial charge in [-0.2, -0.15) is 0 Å². The van der Waals surface area contributed by atoms with Crippen LogP contribution in [-0.4, -0.2) is 42.0 Å². The van der Waals surface area contributed by atoms with Crippen LogP contribution in [0, 0.1) is 0 Å². The molecule has 2 nitrogen and oxygen atoms in total. The zero-order valence-electron chi connectivity index (χ0n) is 18.6. The molecule has 0 bridgehead atoms. The van der Waals surface area contributed by atoms with E-state index in [2.05, 4.69) is 108 Å². The molecule has 31 heavy (non-hydrogen) atoms. The van der Waals surface area contributed by atoms with Gasteiger partial charge in [-0.1, -0.05) is 91.0 Å². The van der Waals surface area contributed by atoms with Crippen LogP contribution in [0.2, 0.25) is 0 Å². The quantitative estimate of drug-likeness (QED) is 0.502. The molecular weight excluding hydrogens is 376 g/mol. The highest BCUT2D eigenvalue weighted by molar-refractivity contribution is 5.26. The SMILES string of the molecule is CC(c1ccccc1)N1C[C@@H](N2CCC(c3ccccc3)CC2)[C@H](c2ccccc2)C1. The van der Waals surface area contributed by atoms with Gasteiger partial charge >= 0.3 is 0 Å². The third kappa shape index (κ3) is 4.46. The largest absolute Gasteiger partial charge is 0.298 e. The summed E-state index contributed by atoms with van der Waals surface area (Å²) in [7, 11) is 0. The monoisotopic (exact) mass is 410 g/mol. The molecule has 0 saturated carbocycles. The van der Waals surface area contributed by atoms with E-state index in [0.29, 0.717) is 23.9 Å². The van der Waals surface area contributed by atoms with Gasteiger partial charge in [0.2, 0.25) is 0 Å². The van der Waals surface area contributed by atoms with Crippen LogP contribution in [0.1, 0.15) is 54.3 Å². The molecule has 0 spiro atoms. The Morgan fingerprint density at radius 3 is 1.84 bits per heavy atom. The van der Waals surface area contributed by atoms with Gasteiger partial charge in [-0.3, -0.25) is 9.80 Å². The molecule has 2 heterocycles. The van der Waals surface area contributed by atoms with Crippen molar-refractivity contribution >= 4 is 0 Å². The maximum atomic E-state index is 2.80. The summed E-state index contributed by atoms with van der Waals surface area (Å²) in [6.07, 6.45) is 2.55. The van der Waals surface area contributed by atoms with Crippen LogP contribution in [0.4, 0.5) is 0 Å². The molecule has 3 atom stereocenters. The first-order valence-electron chi connectivity index (χ1n) is 11.9. The van der Waals surface area contributed by atoms with Gasteiger partial charge in [0.05, 0.1) is 0 Å². The Hall–Kier alpha value is -2.42. The summed E-state index contributed by atoms with van der Waals surface area (Å²) in [6, 6.07) is 34.4. The molecule has 0 amide bonds. The first kappa shape index (κ1) is 20.5. The maximum Gasteiger partial charge on any atom is 0.0320 e. The number of hydrogen-bond donors (Lipinski definition) is 0. The third-order valence-corrected chi connectivity index (χ3v) is 7.64. The first-order valence-corrected chi connectivity index (χ1v) is 11.9. The molecule has 2 aliphatic rings. The van der Waals surface area contributed by atoms with Crippen molar-refractivity contribution in [1.29, 1.82) is 0 Å². The Morgan fingerprint density at radius 1 is 0.677 bits per heavy atom. The number of benzene rings is 3. The van der Waals surface area contributed by atoms with Crippen molar-refractivity contribution in [3.8, 4) is 0 Å². The van der Waals surface area contributed by atoms with Crippen molar-refractivity contribution < 1.29 is 0 Å². The minimum absolute atomic E-state index is 0.458. The zero-order chi connectivity index (χ0) is 21.0. The molecule has 0 radical (unpaired) electrons. The number of hydrogen-bond acceptors (Lipinski definition) is 2. The van der Waals surface area contributed by atoms with E-state index < -0.39 is 0 Å². The van der Waals surface area contributed by atoms with Gasteiger partial charge in [0, 0.05) is 31.1 Å². The van der Waals surface area contributed by atoms with Crippen LogP contribution < -0.4 is 0 Å². The summed E-state index contributed by atoms with van der Waals surface area (Å²) in [5.74, 6) is 1.30. The fraction of sp³-hybridized carbons (Fsp3) is 0.379. The summed E-state index contributed by atoms with van der Waals surface area (Å²) in [5, 5.41) is 0. The summed E-state index contributed by atoms with van der Waals surface area (Å²) >= 11 is 0. The van der Waals surface area contributed by atoms with E-state index in [0.717, 1.165) is 13.1 Å². The number of nitrogens with zero attached hydrogens (tertiary/aromatic N) is 2. The molecule has 5 rings (SSSR count). The average molecular weight is 411 g/mol. The van der Waals surface area contributed by atoms with Crippen molar-refractivity contribution in [3.05, 3.63) is 108 Å². The Morgan fingerprint density at radius 2 is 1.23 bits per heavy atom. The fourth-order valence-electron chi connectivity index (χ4n) is 5.76. The second-order valence-corrected chi connectivity index (χ2v) is 9.35. The lowest BCUT2D eigenvalue weighted by Gasteiger charge is -2.38. The molecular formula is C29H34N2. The van der Waals surface area contributed by atoms with Gasteiger partial charge in [-0.05, 0) is 55.5 Å². The van der Waals surface area contributed by atoms with E-state index in [-0.39, 0.29) is 0 Å². The smallest absolute Gasteiger partial charge is 0.0320 e. The molecule has 2 heteroatoms. The molecule has 2 fully saturated rings. The zero-order valence-corrected chi connectivity index (χ0v) is 18.6. The summed E-state index contributed by atoms with van der Waals surface area (Å²) < 4.78 is 0. The van der Waals surface area contributed by atoms with E-state index in [9.17, 15) is 0 Å². The highest BCUT2D eigenvalue weighted by Crippen LogP contribution is 2.38. The number of likely N-dealkylation sites (tertiary alicyclic amines) is 2. The van der Waals surface area contributed by atoms with E-state index in [4.69, 9.17) is 0 Å². The van der Waals surface area contributed by atoms with Crippen LogP contribution in [-0.2, 0) is 0 Å². The minimum atomic E-state index is 0.458. The lowest BCUT2D eigenvalue weighted by molar-refractivity contribution is 0.139. The van der Waals surface area contributed by atoms with Gasteiger partial charge in [0.1, 0.15) is 0 Å². The van der Waals surface area contributed by atoms with Crippen molar-refractivity contribution in [1.82, 2.24) is 9.80 Å². The highest BCUT2D eigenvalue weighted by atomic mass is 15.3. The van der Waals surface area contributed by atoms with Crippen molar-refractivity contribution in [2.45, 2.75) is 43.7 Å². The topological polar surface area (TPSA) is 6.48 Å². The van der Waals surface area contributed by atoms with E-state index in [1.165, 1.54) is 42.6 Å². The number of rotatable bonds is 5. The number of piperidine rings is 1. The Bertz CT molecular complexity index is 932. The van der Waals surface area contributed by atoms with Crippen molar-refractivity contribution in [2.24, 2.45) is 0 Å². The molecule has 0 aliphatic carbocycles. The van der Waals surface area contributed by atoms with Crippen LogP contribution in [0.3, 0.4) is 0 Å². The molecule has 3 aromatic carbocycles. The van der Waals surface area contributed by atoms with Gasteiger partial charge in [0.25, 0.3) is 0 Å². The van der Waals surface area contributed by atoms with Crippen molar-refractivity contribution in [3.63, 3.8) is 0 Å². The molecule has 2 saturated heterocycles. The normalized spacial score (nSPS) is 24.3. The van der Waals surface area contributed by atoms with Crippen LogP contribution in [0.25, 0.3) is 0 Å². The van der Waals surface area contributed by atoms with Crippen LogP contribution >= 0.6 is 0 Å². The molecule has 0 N–H and O–H groups in total. The summed E-state index contributed by atoms with van der Waals surface area (Å²) in [5.41, 5.74) is 4.45. The predicted octanol–water partition coefficient (Wildman–Crippen LogP) is 6.10. The molecule has 0 aromatic heterocycles. The van der Waals surface area contributed by atoms with Gasteiger partial charge in [0.15, 0.2) is 0 Å². The van der Waals surface area contributed by atoms with E-state index in [1.54, 1.807) is 0 Å². The van der Waals surface area contributed by atoms with Gasteiger partial charge in [-0.15, -0.1) is 0 Å². The first-order chi connectivity index (χ1) is 15.3. The average Bonchev–Trinajstić information content (AvgIpc) is 3.31. The summed E-state index contributed by atoms with van der Waals surface area (Å²) in [4.78, 5) is 5.51. The van der Waals surface area contributed by atoms with Gasteiger partial charge in [-0.25, -0.2) is 0 Å². The second-order valence-electron chi connectivity index (χ2n) is 9.35. The van der Waals surface area contributed by atoms with Crippen LogP contribution in [0.5, 0.6) is 0 Å². The lowest BCUT2D eigenvalue weighted by Crippen LogP contribution is -2.44. The molecule has 2 aliphatic heterocycles. The van der Waals surface area contributed by atoms with E-state index >= 15 is 0 Å². The molecule has 160 valence electrons. The maximum absolute atomic E-state index is 2.80. The minimum Gasteiger partial charge on any atom is -0.298 e. The summed E-state index contributed by atoms with van der Waals surface area (Å²) in [6.45, 7) is 7.10. The Labute approximate surface area is 187 Å². The Kier molecular flexibility index (Phi) is 6.20. The molecule has 1 unspecified atom stereocenters. The fourth-order valence-corrected chi connectivity index (χ4v) is 5.76. The Balaban J connectivity index is 1.33. The lowest BCUT2D eigenvalue weighted by atomic mass is 9.87. The third-order valence-electron chi connectivity index (χ3n) is 7.64. The predicted molar refractivity (Wildman–Crippen MR) is 129 cm³/mol. The van der Waals surface area contributed by atoms with Crippen molar-refractivity contribution in [2.75, 3.05) is 26.2 Å². The molecule has 3 aromatic rings.